The summed E-state index contributed by atoms with van der Waals surface area (Å²) in [6, 6.07) is 0. The summed E-state index contributed by atoms with van der Waals surface area (Å²) in [5.74, 6) is 0.801. The molecular formula is C16H23N5O4. The predicted octanol–water partition coefficient (Wildman–Crippen LogP) is 0.625. The Morgan fingerprint density at radius 1 is 1.56 bits per heavy atom. The van der Waals surface area contributed by atoms with E-state index in [1.165, 1.54) is 6.33 Å². The first-order chi connectivity index (χ1) is 11.9. The molecule has 0 spiro atoms. The molecular weight excluding hydrogens is 326 g/mol. The number of anilines is 1. The molecule has 0 amide bonds. The molecule has 2 aliphatic rings. The topological polar surface area (TPSA) is 114 Å². The number of aromatic nitrogens is 4. The molecule has 1 unspecified atom stereocenters. The lowest BCUT2D eigenvalue weighted by molar-refractivity contribution is -0.173. The van der Waals surface area contributed by atoms with Crippen molar-refractivity contribution >= 4 is 17.1 Å². The first kappa shape index (κ1) is 16.5. The summed E-state index contributed by atoms with van der Waals surface area (Å²) < 4.78 is 13.5. The zero-order valence-electron chi connectivity index (χ0n) is 14.5. The Morgan fingerprint density at radius 2 is 2.36 bits per heavy atom. The summed E-state index contributed by atoms with van der Waals surface area (Å²) in [7, 11) is 0. The van der Waals surface area contributed by atoms with Gasteiger partial charge in [-0.15, -0.1) is 0 Å². The summed E-state index contributed by atoms with van der Waals surface area (Å²) in [5, 5.41) is 13.6. The molecule has 4 rings (SSSR count). The average Bonchev–Trinajstić information content (AvgIpc) is 3.23. The van der Waals surface area contributed by atoms with Crippen molar-refractivity contribution in [1.82, 2.24) is 19.5 Å². The van der Waals surface area contributed by atoms with E-state index in [2.05, 4.69) is 34.1 Å². The van der Waals surface area contributed by atoms with Gasteiger partial charge in [0.2, 0.25) is 5.95 Å². The predicted molar refractivity (Wildman–Crippen MR) is 90.4 cm³/mol. The van der Waals surface area contributed by atoms with Crippen molar-refractivity contribution in [2.24, 2.45) is 5.92 Å². The second kappa shape index (κ2) is 5.79. The van der Waals surface area contributed by atoms with E-state index in [1.807, 2.05) is 6.92 Å². The number of hydrogen-bond donors (Lipinski definition) is 3. The van der Waals surface area contributed by atoms with Crippen LogP contribution in [-0.2, 0) is 9.47 Å². The van der Waals surface area contributed by atoms with Crippen LogP contribution in [0.15, 0.2) is 11.1 Å². The molecule has 0 radical (unpaired) electrons. The molecule has 0 aliphatic carbocycles. The van der Waals surface area contributed by atoms with Crippen molar-refractivity contribution in [3.63, 3.8) is 0 Å². The number of hydrogen-bond acceptors (Lipinski definition) is 7. The van der Waals surface area contributed by atoms with Crippen LogP contribution in [0.3, 0.4) is 0 Å². The van der Waals surface area contributed by atoms with E-state index in [9.17, 15) is 9.90 Å². The molecule has 2 fully saturated rings. The molecule has 2 aromatic heterocycles. The first-order valence-electron chi connectivity index (χ1n) is 8.63. The Labute approximate surface area is 144 Å². The first-order valence-corrected chi connectivity index (χ1v) is 8.63. The Morgan fingerprint density at radius 3 is 3.04 bits per heavy atom. The molecule has 136 valence electrons. The Bertz CT molecular complexity index is 847. The summed E-state index contributed by atoms with van der Waals surface area (Å²) >= 11 is 0. The number of aliphatic hydroxyl groups excluding tert-OH is 1. The minimum atomic E-state index is -0.708. The van der Waals surface area contributed by atoms with Crippen LogP contribution in [-0.4, -0.2) is 55.6 Å². The number of nitrogens with one attached hydrogen (secondary N) is 2. The number of H-pyrrole nitrogens is 1. The minimum absolute atomic E-state index is 0.238. The molecule has 2 aromatic rings. The van der Waals surface area contributed by atoms with Gasteiger partial charge in [-0.05, 0) is 12.3 Å². The lowest BCUT2D eigenvalue weighted by atomic mass is 9.96. The number of imidazole rings is 1. The van der Waals surface area contributed by atoms with Crippen LogP contribution < -0.4 is 10.9 Å². The number of nitrogens with zero attached hydrogens (tertiary/aromatic N) is 3. The van der Waals surface area contributed by atoms with Gasteiger partial charge < -0.3 is 19.9 Å². The van der Waals surface area contributed by atoms with E-state index in [0.717, 1.165) is 0 Å². The van der Waals surface area contributed by atoms with Crippen LogP contribution >= 0.6 is 0 Å². The van der Waals surface area contributed by atoms with Gasteiger partial charge in [-0.25, -0.2) is 4.98 Å². The lowest BCUT2D eigenvalue weighted by Crippen LogP contribution is -2.39. The molecule has 25 heavy (non-hydrogen) atoms. The molecule has 2 saturated heterocycles. The highest BCUT2D eigenvalue weighted by atomic mass is 16.6. The largest absolute Gasteiger partial charge is 0.387 e. The van der Waals surface area contributed by atoms with Crippen LogP contribution in [0.5, 0.6) is 0 Å². The second-order valence-corrected chi connectivity index (χ2v) is 7.16. The van der Waals surface area contributed by atoms with E-state index in [1.54, 1.807) is 4.57 Å². The molecule has 0 saturated carbocycles. The summed E-state index contributed by atoms with van der Waals surface area (Å²) in [6.45, 7) is 7.15. The lowest BCUT2D eigenvalue weighted by Gasteiger charge is -2.30. The van der Waals surface area contributed by atoms with Crippen LogP contribution in [0.25, 0.3) is 11.2 Å². The number of fused-ring (bicyclic) bond motifs is 3. The molecule has 3 N–H and O–H groups in total. The van der Waals surface area contributed by atoms with Crippen LogP contribution in [0.1, 0.15) is 33.4 Å². The molecule has 9 nitrogen and oxygen atoms in total. The van der Waals surface area contributed by atoms with Crippen molar-refractivity contribution in [2.75, 3.05) is 18.5 Å². The van der Waals surface area contributed by atoms with E-state index in [0.29, 0.717) is 37.1 Å². The molecule has 4 heterocycles. The SMILES string of the molecule is CC[C@]12CO[C@@H](C1O)[C@H](n1cnc3c(=O)[nH]c(NCC(C)C)nc31)O2. The van der Waals surface area contributed by atoms with Crippen LogP contribution in [0.4, 0.5) is 5.95 Å². The standard InChI is InChI=1S/C16H23N5O4/c1-4-16-6-24-10(11(16)22)14(25-16)21-7-18-9-12(21)19-15(20-13(9)23)17-5-8(2)3/h7-8,10-11,14,22H,4-6H2,1-3H3,(H2,17,19,20,23)/t10-,11?,14+,16-/m0/s1. The quantitative estimate of drug-likeness (QED) is 0.725. The average molecular weight is 349 g/mol. The van der Waals surface area contributed by atoms with E-state index in [-0.39, 0.29) is 11.1 Å². The maximum Gasteiger partial charge on any atom is 0.280 e. The van der Waals surface area contributed by atoms with Crippen molar-refractivity contribution in [3.8, 4) is 0 Å². The molecule has 4 atom stereocenters. The molecule has 2 aliphatic heterocycles. The molecule has 2 bridgehead atoms. The monoisotopic (exact) mass is 349 g/mol. The Balaban J connectivity index is 1.72. The number of ether oxygens (including phenoxy) is 2. The van der Waals surface area contributed by atoms with Gasteiger partial charge in [0, 0.05) is 6.54 Å². The fourth-order valence-corrected chi connectivity index (χ4v) is 3.47. The fraction of sp³-hybridized carbons (Fsp3) is 0.688. The Hall–Kier alpha value is -1.97. The third kappa shape index (κ3) is 2.45. The number of aromatic amines is 1. The van der Waals surface area contributed by atoms with Gasteiger partial charge in [-0.1, -0.05) is 20.8 Å². The molecule has 9 heteroatoms. The maximum absolute atomic E-state index is 12.3. The minimum Gasteiger partial charge on any atom is -0.387 e. The van der Waals surface area contributed by atoms with Gasteiger partial charge >= 0.3 is 0 Å². The zero-order valence-corrected chi connectivity index (χ0v) is 14.5. The summed E-state index contributed by atoms with van der Waals surface area (Å²) in [6.07, 6.45) is 0.402. The van der Waals surface area contributed by atoms with E-state index >= 15 is 0 Å². The van der Waals surface area contributed by atoms with Crippen molar-refractivity contribution in [2.45, 2.75) is 51.2 Å². The van der Waals surface area contributed by atoms with Crippen LogP contribution in [0.2, 0.25) is 0 Å². The van der Waals surface area contributed by atoms with Crippen molar-refractivity contribution in [3.05, 3.63) is 16.7 Å². The normalized spacial score (nSPS) is 31.3. The third-order valence-corrected chi connectivity index (χ3v) is 4.99. The van der Waals surface area contributed by atoms with Gasteiger partial charge in [0.1, 0.15) is 17.8 Å². The van der Waals surface area contributed by atoms with Crippen LogP contribution in [0, 0.1) is 5.92 Å². The fourth-order valence-electron chi connectivity index (χ4n) is 3.47. The highest BCUT2D eigenvalue weighted by Crippen LogP contribution is 2.47. The summed E-state index contributed by atoms with van der Waals surface area (Å²) in [5.41, 5.74) is -0.368. The highest BCUT2D eigenvalue weighted by Gasteiger charge is 2.60. The summed E-state index contributed by atoms with van der Waals surface area (Å²) in [4.78, 5) is 23.6. The zero-order chi connectivity index (χ0) is 17.8. The van der Waals surface area contributed by atoms with Gasteiger partial charge in [-0.2, -0.15) is 4.98 Å². The highest BCUT2D eigenvalue weighted by molar-refractivity contribution is 5.71. The van der Waals surface area contributed by atoms with Gasteiger partial charge in [0.05, 0.1) is 12.9 Å². The smallest absolute Gasteiger partial charge is 0.280 e. The van der Waals surface area contributed by atoms with Crippen molar-refractivity contribution < 1.29 is 14.6 Å². The maximum atomic E-state index is 12.3. The van der Waals surface area contributed by atoms with Gasteiger partial charge in [0.15, 0.2) is 17.4 Å². The Kier molecular flexibility index (Phi) is 3.82. The molecule has 0 aromatic carbocycles. The second-order valence-electron chi connectivity index (χ2n) is 7.16. The van der Waals surface area contributed by atoms with Gasteiger partial charge in [-0.3, -0.25) is 14.3 Å². The van der Waals surface area contributed by atoms with E-state index in [4.69, 9.17) is 9.47 Å². The van der Waals surface area contributed by atoms with E-state index < -0.39 is 24.0 Å². The van der Waals surface area contributed by atoms with Crippen molar-refractivity contribution in [1.29, 1.82) is 0 Å². The van der Waals surface area contributed by atoms with Gasteiger partial charge in [0.25, 0.3) is 5.56 Å². The third-order valence-electron chi connectivity index (χ3n) is 4.99. The number of rotatable bonds is 5. The number of aliphatic hydroxyl groups is 1.